The van der Waals surface area contributed by atoms with Crippen LogP contribution in [0.2, 0.25) is 0 Å². The van der Waals surface area contributed by atoms with Crippen molar-refractivity contribution >= 4 is 11.6 Å². The molecule has 1 aliphatic rings. The fourth-order valence-electron chi connectivity index (χ4n) is 4.38. The third-order valence-electron chi connectivity index (χ3n) is 6.08. The number of nitrogens with zero attached hydrogens (tertiary/aromatic N) is 4. The van der Waals surface area contributed by atoms with Gasteiger partial charge in [-0.2, -0.15) is 0 Å². The summed E-state index contributed by atoms with van der Waals surface area (Å²) < 4.78 is 0. The van der Waals surface area contributed by atoms with Crippen LogP contribution in [0.1, 0.15) is 35.8 Å². The lowest BCUT2D eigenvalue weighted by Gasteiger charge is -2.23. The molecule has 0 radical (unpaired) electrons. The lowest BCUT2D eigenvalue weighted by molar-refractivity contribution is -0.384. The average molecular weight is 446 g/mol. The molecule has 1 aliphatic heterocycles. The maximum absolute atomic E-state index is 13.3. The lowest BCUT2D eigenvalue weighted by Crippen LogP contribution is -2.40. The minimum Gasteiger partial charge on any atom is -0.350 e. The first-order valence-electron chi connectivity index (χ1n) is 11.2. The fraction of sp³-hybridized carbons (Fsp3) is 0.320. The molecule has 33 heavy (non-hydrogen) atoms. The summed E-state index contributed by atoms with van der Waals surface area (Å²) in [5.41, 5.74) is 2.52. The third kappa shape index (κ3) is 4.90. The molecule has 0 spiro atoms. The first-order chi connectivity index (χ1) is 16.0. The molecule has 1 atom stereocenters. The van der Waals surface area contributed by atoms with Crippen LogP contribution in [0.5, 0.6) is 0 Å². The van der Waals surface area contributed by atoms with E-state index in [4.69, 9.17) is 4.98 Å². The van der Waals surface area contributed by atoms with Gasteiger partial charge in [0.05, 0.1) is 21.9 Å². The van der Waals surface area contributed by atoms with Gasteiger partial charge in [-0.3, -0.25) is 19.8 Å². The van der Waals surface area contributed by atoms with Gasteiger partial charge < -0.3 is 5.32 Å². The second-order valence-electron chi connectivity index (χ2n) is 8.16. The van der Waals surface area contributed by atoms with Gasteiger partial charge in [0, 0.05) is 35.8 Å². The maximum Gasteiger partial charge on any atom is 0.270 e. The predicted molar refractivity (Wildman–Crippen MR) is 127 cm³/mol. The van der Waals surface area contributed by atoms with Gasteiger partial charge in [0.25, 0.3) is 11.6 Å². The predicted octanol–water partition coefficient (Wildman–Crippen LogP) is 4.24. The van der Waals surface area contributed by atoms with Crippen molar-refractivity contribution in [2.75, 3.05) is 19.6 Å². The average Bonchev–Trinajstić information content (AvgIpc) is 3.30. The van der Waals surface area contributed by atoms with E-state index in [1.165, 1.54) is 12.1 Å². The van der Waals surface area contributed by atoms with Gasteiger partial charge in [-0.1, -0.05) is 49.4 Å². The summed E-state index contributed by atoms with van der Waals surface area (Å²) >= 11 is 0. The number of amides is 1. The molecule has 1 amide bonds. The van der Waals surface area contributed by atoms with E-state index in [1.54, 1.807) is 19.1 Å². The Bertz CT molecular complexity index is 1170. The van der Waals surface area contributed by atoms with E-state index in [1.807, 2.05) is 30.3 Å². The number of aromatic nitrogens is 2. The van der Waals surface area contributed by atoms with Crippen molar-refractivity contribution in [3.05, 3.63) is 76.0 Å². The molecule has 1 unspecified atom stereocenters. The van der Waals surface area contributed by atoms with Crippen molar-refractivity contribution in [1.29, 1.82) is 0 Å². The summed E-state index contributed by atoms with van der Waals surface area (Å²) in [7, 11) is 0. The minimum atomic E-state index is -0.450. The van der Waals surface area contributed by atoms with Gasteiger partial charge in [0.1, 0.15) is 0 Å². The van der Waals surface area contributed by atoms with Crippen LogP contribution < -0.4 is 5.32 Å². The number of hydrogen-bond donors (Lipinski definition) is 1. The van der Waals surface area contributed by atoms with Gasteiger partial charge >= 0.3 is 0 Å². The molecule has 1 saturated heterocycles. The maximum atomic E-state index is 13.3. The van der Waals surface area contributed by atoms with E-state index in [2.05, 4.69) is 22.1 Å². The second kappa shape index (κ2) is 9.87. The Labute approximate surface area is 192 Å². The van der Waals surface area contributed by atoms with Crippen LogP contribution in [0.4, 0.5) is 5.69 Å². The van der Waals surface area contributed by atoms with Crippen LogP contribution in [0.15, 0.2) is 54.6 Å². The molecule has 1 aromatic heterocycles. The number of nitro benzene ring substituents is 1. The first kappa shape index (κ1) is 22.5. The number of hydrogen-bond acceptors (Lipinski definition) is 6. The smallest absolute Gasteiger partial charge is 0.270 e. The van der Waals surface area contributed by atoms with Crippen molar-refractivity contribution in [1.82, 2.24) is 20.2 Å². The zero-order chi connectivity index (χ0) is 23.4. The Kier molecular flexibility index (Phi) is 6.74. The van der Waals surface area contributed by atoms with E-state index in [0.717, 1.165) is 31.5 Å². The quantitative estimate of drug-likeness (QED) is 0.431. The molecular weight excluding hydrogens is 418 g/mol. The van der Waals surface area contributed by atoms with Gasteiger partial charge in [-0.05, 0) is 32.9 Å². The van der Waals surface area contributed by atoms with Gasteiger partial charge in [-0.25, -0.2) is 9.97 Å². The largest absolute Gasteiger partial charge is 0.350 e. The zero-order valence-electron chi connectivity index (χ0n) is 18.8. The van der Waals surface area contributed by atoms with E-state index in [0.29, 0.717) is 40.9 Å². The second-order valence-corrected chi connectivity index (χ2v) is 8.16. The molecule has 8 nitrogen and oxygen atoms in total. The Morgan fingerprint density at radius 3 is 2.64 bits per heavy atom. The normalized spacial score (nSPS) is 16.0. The number of likely N-dealkylation sites (tertiary alicyclic amines) is 1. The molecule has 2 aromatic carbocycles. The van der Waals surface area contributed by atoms with Crippen LogP contribution in [0.25, 0.3) is 22.6 Å². The number of carbonyl (C=O) groups excluding carboxylic acids is 1. The molecule has 0 saturated carbocycles. The highest BCUT2D eigenvalue weighted by atomic mass is 16.6. The Balaban J connectivity index is 1.74. The Morgan fingerprint density at radius 2 is 1.91 bits per heavy atom. The topological polar surface area (TPSA) is 101 Å². The molecule has 8 heteroatoms. The number of benzene rings is 2. The number of rotatable bonds is 7. The van der Waals surface area contributed by atoms with Crippen molar-refractivity contribution in [3.63, 3.8) is 0 Å². The number of aryl methyl sites for hydroxylation is 1. The van der Waals surface area contributed by atoms with Gasteiger partial charge in [0.15, 0.2) is 5.82 Å². The zero-order valence-corrected chi connectivity index (χ0v) is 18.8. The van der Waals surface area contributed by atoms with Crippen LogP contribution in [0.3, 0.4) is 0 Å². The minimum absolute atomic E-state index is 0.0547. The summed E-state index contributed by atoms with van der Waals surface area (Å²) in [6.45, 7) is 6.44. The van der Waals surface area contributed by atoms with E-state index < -0.39 is 4.92 Å². The van der Waals surface area contributed by atoms with Gasteiger partial charge in [-0.15, -0.1) is 0 Å². The number of carbonyl (C=O) groups is 1. The number of likely N-dealkylation sites (N-methyl/N-ethyl adjacent to an activating group) is 1. The number of nitrogens with one attached hydrogen (secondary N) is 1. The highest BCUT2D eigenvalue weighted by Gasteiger charge is 2.26. The summed E-state index contributed by atoms with van der Waals surface area (Å²) in [5, 5.41) is 14.4. The van der Waals surface area contributed by atoms with E-state index >= 15 is 0 Å². The summed E-state index contributed by atoms with van der Waals surface area (Å²) in [6.07, 6.45) is 2.18. The van der Waals surface area contributed by atoms with E-state index in [-0.39, 0.29) is 11.6 Å². The molecule has 0 aliphatic carbocycles. The Morgan fingerprint density at radius 1 is 1.15 bits per heavy atom. The summed E-state index contributed by atoms with van der Waals surface area (Å²) in [4.78, 5) is 35.9. The monoisotopic (exact) mass is 445 g/mol. The van der Waals surface area contributed by atoms with Crippen molar-refractivity contribution < 1.29 is 9.72 Å². The van der Waals surface area contributed by atoms with Crippen molar-refractivity contribution in [2.24, 2.45) is 0 Å². The standard InChI is InChI=1S/C25H27N5O3/c1-3-29-14-8-13-21(29)16-26-25(31)22-17(2)27-24(18-9-5-4-6-10-18)28-23(22)19-11-7-12-20(15-19)30(32)33/h4-7,9-12,15,21H,3,8,13-14,16H2,1-2H3,(H,26,31). The molecule has 3 aromatic rings. The molecule has 1 N–H and O–H groups in total. The summed E-state index contributed by atoms with van der Waals surface area (Å²) in [5.74, 6) is 0.204. The molecule has 1 fully saturated rings. The highest BCUT2D eigenvalue weighted by Crippen LogP contribution is 2.29. The van der Waals surface area contributed by atoms with Gasteiger partial charge in [0.2, 0.25) is 0 Å². The van der Waals surface area contributed by atoms with E-state index in [9.17, 15) is 14.9 Å². The Hall–Kier alpha value is -3.65. The molecule has 2 heterocycles. The number of non-ortho nitro benzene ring substituents is 1. The van der Waals surface area contributed by atoms with Crippen molar-refractivity contribution in [2.45, 2.75) is 32.7 Å². The van der Waals surface area contributed by atoms with Crippen LogP contribution in [-0.4, -0.2) is 51.4 Å². The molecular formula is C25H27N5O3. The molecule has 4 rings (SSSR count). The summed E-state index contributed by atoms with van der Waals surface area (Å²) in [6, 6.07) is 16.0. The highest BCUT2D eigenvalue weighted by molar-refractivity contribution is 6.01. The van der Waals surface area contributed by atoms with Crippen LogP contribution in [-0.2, 0) is 0 Å². The third-order valence-corrected chi connectivity index (χ3v) is 6.08. The SMILES string of the molecule is CCN1CCCC1CNC(=O)c1c(C)nc(-c2ccccc2)nc1-c1cccc([N+](=O)[O-])c1. The van der Waals surface area contributed by atoms with Crippen molar-refractivity contribution in [3.8, 4) is 22.6 Å². The molecule has 0 bridgehead atoms. The first-order valence-corrected chi connectivity index (χ1v) is 11.2. The lowest BCUT2D eigenvalue weighted by atomic mass is 10.0. The molecule has 170 valence electrons. The van der Waals surface area contributed by atoms with Crippen LogP contribution >= 0.6 is 0 Å². The fourth-order valence-corrected chi connectivity index (χ4v) is 4.38. The number of nitro groups is 1. The van der Waals surface area contributed by atoms with Crippen LogP contribution in [0, 0.1) is 17.0 Å².